The van der Waals surface area contributed by atoms with Crippen molar-refractivity contribution in [3.8, 4) is 0 Å². The maximum atomic E-state index is 13.1. The Morgan fingerprint density at radius 1 is 0.806 bits per heavy atom. The van der Waals surface area contributed by atoms with Gasteiger partial charge in [-0.2, -0.15) is 0 Å². The Labute approximate surface area is 180 Å². The first-order valence-electron chi connectivity index (χ1n) is 10.5. The molecule has 0 unspecified atom stereocenters. The van der Waals surface area contributed by atoms with Gasteiger partial charge in [0, 0.05) is 49.0 Å². The number of nitrogens with zero attached hydrogens (tertiary/aromatic N) is 2. The van der Waals surface area contributed by atoms with Crippen LogP contribution in [-0.2, 0) is 0 Å². The molecule has 1 aliphatic carbocycles. The second-order valence-electron chi connectivity index (χ2n) is 7.89. The highest BCUT2D eigenvalue weighted by molar-refractivity contribution is 5.96. The van der Waals surface area contributed by atoms with E-state index in [1.165, 1.54) is 24.3 Å². The van der Waals surface area contributed by atoms with Gasteiger partial charge >= 0.3 is 6.03 Å². The van der Waals surface area contributed by atoms with E-state index in [0.29, 0.717) is 55.5 Å². The first-order chi connectivity index (χ1) is 15.0. The minimum Gasteiger partial charge on any atom is -0.349 e. The van der Waals surface area contributed by atoms with E-state index in [1.807, 2.05) is 0 Å². The standard InChI is InChI=1S/C23H25FN4O3/c24-18-6-2-17(3-7-18)22(30)27-12-1-13-28(15-14-27)23(31)26-20-8-4-16(5-9-20)21(29)25-19-10-11-19/h2-9,19H,1,10-15H2,(H,25,29)(H,26,31). The molecule has 2 aliphatic rings. The number of halogens is 1. The SMILES string of the molecule is O=C(NC1CC1)c1ccc(NC(=O)N2CCCN(C(=O)c3ccc(F)cc3)CC2)cc1. The van der Waals surface area contributed by atoms with Gasteiger partial charge in [0.25, 0.3) is 11.8 Å². The Morgan fingerprint density at radius 3 is 2.10 bits per heavy atom. The van der Waals surface area contributed by atoms with Gasteiger partial charge in [-0.15, -0.1) is 0 Å². The molecule has 0 atom stereocenters. The van der Waals surface area contributed by atoms with E-state index in [2.05, 4.69) is 10.6 Å². The van der Waals surface area contributed by atoms with Crippen molar-refractivity contribution in [2.75, 3.05) is 31.5 Å². The molecule has 7 nitrogen and oxygen atoms in total. The molecule has 1 saturated heterocycles. The molecule has 162 valence electrons. The summed E-state index contributed by atoms with van der Waals surface area (Å²) in [5.41, 5.74) is 1.61. The Hall–Kier alpha value is -3.42. The van der Waals surface area contributed by atoms with Crippen LogP contribution in [-0.4, -0.2) is 59.9 Å². The maximum absolute atomic E-state index is 13.1. The second-order valence-corrected chi connectivity index (χ2v) is 7.89. The summed E-state index contributed by atoms with van der Waals surface area (Å²) in [6.07, 6.45) is 2.71. The zero-order valence-electron chi connectivity index (χ0n) is 17.1. The molecule has 2 fully saturated rings. The molecule has 0 aromatic heterocycles. The van der Waals surface area contributed by atoms with Gasteiger partial charge < -0.3 is 20.4 Å². The molecule has 0 radical (unpaired) electrons. The summed E-state index contributed by atoms with van der Waals surface area (Å²) in [4.78, 5) is 40.7. The predicted molar refractivity (Wildman–Crippen MR) is 114 cm³/mol. The van der Waals surface area contributed by atoms with Crippen molar-refractivity contribution in [3.05, 3.63) is 65.5 Å². The van der Waals surface area contributed by atoms with E-state index in [4.69, 9.17) is 0 Å². The number of benzene rings is 2. The highest BCUT2D eigenvalue weighted by Gasteiger charge is 2.24. The van der Waals surface area contributed by atoms with Gasteiger partial charge in [0.2, 0.25) is 0 Å². The van der Waals surface area contributed by atoms with Crippen LogP contribution < -0.4 is 10.6 Å². The summed E-state index contributed by atoms with van der Waals surface area (Å²) in [5.74, 6) is -0.645. The van der Waals surface area contributed by atoms with E-state index in [0.717, 1.165) is 12.8 Å². The van der Waals surface area contributed by atoms with Crippen molar-refractivity contribution in [1.82, 2.24) is 15.1 Å². The number of amides is 4. The Morgan fingerprint density at radius 2 is 1.42 bits per heavy atom. The smallest absolute Gasteiger partial charge is 0.321 e. The van der Waals surface area contributed by atoms with Crippen molar-refractivity contribution >= 4 is 23.5 Å². The lowest BCUT2D eigenvalue weighted by Gasteiger charge is -2.22. The number of hydrogen-bond acceptors (Lipinski definition) is 3. The Balaban J connectivity index is 1.30. The highest BCUT2D eigenvalue weighted by Crippen LogP contribution is 2.20. The number of hydrogen-bond donors (Lipinski definition) is 2. The van der Waals surface area contributed by atoms with E-state index in [-0.39, 0.29) is 23.7 Å². The molecule has 0 bridgehead atoms. The summed E-state index contributed by atoms with van der Waals surface area (Å²) >= 11 is 0. The molecule has 4 rings (SSSR count). The van der Waals surface area contributed by atoms with Crippen molar-refractivity contribution in [2.45, 2.75) is 25.3 Å². The molecule has 8 heteroatoms. The molecule has 2 aromatic rings. The minimum atomic E-state index is -0.383. The first kappa shape index (κ1) is 20.8. The van der Waals surface area contributed by atoms with Gasteiger partial charge in [0.1, 0.15) is 5.82 Å². The zero-order valence-corrected chi connectivity index (χ0v) is 17.1. The van der Waals surface area contributed by atoms with Gasteiger partial charge in [-0.3, -0.25) is 9.59 Å². The average molecular weight is 424 g/mol. The summed E-state index contributed by atoms with van der Waals surface area (Å²) < 4.78 is 13.1. The van der Waals surface area contributed by atoms with Gasteiger partial charge in [-0.1, -0.05) is 0 Å². The van der Waals surface area contributed by atoms with E-state index < -0.39 is 0 Å². The van der Waals surface area contributed by atoms with Crippen molar-refractivity contribution in [3.63, 3.8) is 0 Å². The van der Waals surface area contributed by atoms with Gasteiger partial charge in [0.05, 0.1) is 0 Å². The fourth-order valence-corrected chi connectivity index (χ4v) is 3.50. The van der Waals surface area contributed by atoms with Crippen molar-refractivity contribution in [2.24, 2.45) is 0 Å². The molecular weight excluding hydrogens is 399 g/mol. The first-order valence-corrected chi connectivity index (χ1v) is 10.5. The molecule has 0 spiro atoms. The third-order valence-electron chi connectivity index (χ3n) is 5.47. The third kappa shape index (κ3) is 5.39. The molecule has 4 amide bonds. The molecule has 2 N–H and O–H groups in total. The van der Waals surface area contributed by atoms with Crippen LogP contribution in [0.5, 0.6) is 0 Å². The molecule has 2 aromatic carbocycles. The van der Waals surface area contributed by atoms with Gasteiger partial charge in [-0.05, 0) is 67.8 Å². The minimum absolute atomic E-state index is 0.0983. The number of carbonyl (C=O) groups excluding carboxylic acids is 3. The number of carbonyl (C=O) groups is 3. The van der Waals surface area contributed by atoms with Crippen LogP contribution in [0.1, 0.15) is 40.0 Å². The van der Waals surface area contributed by atoms with Crippen LogP contribution >= 0.6 is 0 Å². The lowest BCUT2D eigenvalue weighted by atomic mass is 10.2. The van der Waals surface area contributed by atoms with Gasteiger partial charge in [-0.25, -0.2) is 9.18 Å². The van der Waals surface area contributed by atoms with E-state index >= 15 is 0 Å². The number of urea groups is 1. The third-order valence-corrected chi connectivity index (χ3v) is 5.47. The second kappa shape index (κ2) is 9.16. The predicted octanol–water partition coefficient (Wildman–Crippen LogP) is 3.10. The van der Waals surface area contributed by atoms with E-state index in [1.54, 1.807) is 34.1 Å². The van der Waals surface area contributed by atoms with Crippen LogP contribution in [0.15, 0.2) is 48.5 Å². The lowest BCUT2D eigenvalue weighted by Crippen LogP contribution is -2.39. The van der Waals surface area contributed by atoms with E-state index in [9.17, 15) is 18.8 Å². The monoisotopic (exact) mass is 424 g/mol. The highest BCUT2D eigenvalue weighted by atomic mass is 19.1. The van der Waals surface area contributed by atoms with Crippen molar-refractivity contribution in [1.29, 1.82) is 0 Å². The fraction of sp³-hybridized carbons (Fsp3) is 0.348. The summed E-state index contributed by atoms with van der Waals surface area (Å²) in [6.45, 7) is 1.87. The van der Waals surface area contributed by atoms with Gasteiger partial charge in [0.15, 0.2) is 0 Å². The van der Waals surface area contributed by atoms with Crippen LogP contribution in [0.3, 0.4) is 0 Å². The summed E-state index contributed by atoms with van der Waals surface area (Å²) in [7, 11) is 0. The zero-order chi connectivity index (χ0) is 21.8. The molecule has 31 heavy (non-hydrogen) atoms. The summed E-state index contributed by atoms with van der Waals surface area (Å²) in [6, 6.07) is 12.3. The average Bonchev–Trinajstić information content (AvgIpc) is 3.61. The lowest BCUT2D eigenvalue weighted by molar-refractivity contribution is 0.0762. The Kier molecular flexibility index (Phi) is 6.16. The quantitative estimate of drug-likeness (QED) is 0.791. The number of anilines is 1. The molecular formula is C23H25FN4O3. The molecule has 1 heterocycles. The van der Waals surface area contributed by atoms with Crippen molar-refractivity contribution < 1.29 is 18.8 Å². The number of rotatable bonds is 4. The topological polar surface area (TPSA) is 81.8 Å². The summed E-state index contributed by atoms with van der Waals surface area (Å²) in [5, 5.41) is 5.78. The largest absolute Gasteiger partial charge is 0.349 e. The molecule has 1 saturated carbocycles. The number of nitrogens with one attached hydrogen (secondary N) is 2. The normalized spacial score (nSPS) is 16.4. The van der Waals surface area contributed by atoms with Crippen LogP contribution in [0, 0.1) is 5.82 Å². The van der Waals surface area contributed by atoms with Crippen LogP contribution in [0.2, 0.25) is 0 Å². The fourth-order valence-electron chi connectivity index (χ4n) is 3.50. The maximum Gasteiger partial charge on any atom is 0.321 e. The van der Waals surface area contributed by atoms with Crippen LogP contribution in [0.25, 0.3) is 0 Å². The van der Waals surface area contributed by atoms with Crippen LogP contribution in [0.4, 0.5) is 14.9 Å². The molecule has 1 aliphatic heterocycles. The Bertz CT molecular complexity index is 958.